The smallest absolute Gasteiger partial charge is 0.136 e. The zero-order chi connectivity index (χ0) is 15.8. The van der Waals surface area contributed by atoms with Crippen LogP contribution >= 0.6 is 11.3 Å². The third-order valence-corrected chi connectivity index (χ3v) is 3.97. The number of rotatable bonds is 2. The van der Waals surface area contributed by atoms with Crippen molar-refractivity contribution in [2.45, 2.75) is 58.8 Å². The van der Waals surface area contributed by atoms with Crippen LogP contribution in [0.3, 0.4) is 0 Å². The zero-order valence-corrected chi connectivity index (χ0v) is 14.5. The Morgan fingerprint density at radius 2 is 1.67 bits per heavy atom. The van der Waals surface area contributed by atoms with E-state index in [1.54, 1.807) is 11.3 Å². The minimum Gasteiger partial charge on any atom is -0.384 e. The quantitative estimate of drug-likeness (QED) is 0.918. The van der Waals surface area contributed by atoms with Crippen molar-refractivity contribution in [3.05, 3.63) is 33.7 Å². The van der Waals surface area contributed by atoms with Gasteiger partial charge in [-0.1, -0.05) is 41.5 Å². The van der Waals surface area contributed by atoms with Gasteiger partial charge in [0, 0.05) is 28.7 Å². The molecule has 0 aliphatic carbocycles. The summed E-state index contributed by atoms with van der Waals surface area (Å²) >= 11 is 1.68. The number of nitrogens with zero attached hydrogens (tertiary/aromatic N) is 3. The Kier molecular flexibility index (Phi) is 4.06. The molecule has 2 heterocycles. The molecule has 0 atom stereocenters. The zero-order valence-electron chi connectivity index (χ0n) is 13.7. The molecule has 0 bridgehead atoms. The molecule has 0 fully saturated rings. The molecule has 2 aromatic rings. The van der Waals surface area contributed by atoms with E-state index in [-0.39, 0.29) is 10.8 Å². The maximum absolute atomic E-state index is 5.92. The molecule has 0 saturated carbocycles. The largest absolute Gasteiger partial charge is 0.384 e. The van der Waals surface area contributed by atoms with Crippen molar-refractivity contribution in [1.29, 1.82) is 0 Å². The second-order valence-corrected chi connectivity index (χ2v) is 8.35. The van der Waals surface area contributed by atoms with Crippen molar-refractivity contribution in [2.75, 3.05) is 5.73 Å². The van der Waals surface area contributed by atoms with E-state index in [1.807, 2.05) is 6.07 Å². The lowest BCUT2D eigenvalue weighted by Gasteiger charge is -2.17. The highest BCUT2D eigenvalue weighted by Gasteiger charge is 2.20. The van der Waals surface area contributed by atoms with Crippen LogP contribution in [0.1, 0.15) is 63.8 Å². The first-order valence-corrected chi connectivity index (χ1v) is 8.02. The lowest BCUT2D eigenvalue weighted by atomic mass is 9.93. The van der Waals surface area contributed by atoms with Gasteiger partial charge in [0.25, 0.3) is 0 Å². The summed E-state index contributed by atoms with van der Waals surface area (Å²) in [4.78, 5) is 13.7. The number of nitrogen functional groups attached to an aromatic ring is 1. The standard InChI is InChI=1S/C16H24N4S/c1-15(2,3)11-9-21-13(19-11)8-10-7-12(17)20-14(18-10)16(4,5)6/h7,9H,8H2,1-6H3,(H2,17,18,20). The molecule has 114 valence electrons. The highest BCUT2D eigenvalue weighted by atomic mass is 32.1. The lowest BCUT2D eigenvalue weighted by Crippen LogP contribution is -2.18. The average molecular weight is 304 g/mol. The van der Waals surface area contributed by atoms with Gasteiger partial charge in [0.05, 0.1) is 16.4 Å². The van der Waals surface area contributed by atoms with E-state index < -0.39 is 0 Å². The highest BCUT2D eigenvalue weighted by Crippen LogP contribution is 2.26. The Balaban J connectivity index is 2.28. The molecule has 21 heavy (non-hydrogen) atoms. The van der Waals surface area contributed by atoms with Crippen LogP contribution in [0.15, 0.2) is 11.4 Å². The van der Waals surface area contributed by atoms with E-state index in [2.05, 4.69) is 56.9 Å². The van der Waals surface area contributed by atoms with E-state index in [0.29, 0.717) is 12.2 Å². The molecule has 0 radical (unpaired) electrons. The fourth-order valence-corrected chi connectivity index (χ4v) is 2.87. The summed E-state index contributed by atoms with van der Waals surface area (Å²) in [6.45, 7) is 12.8. The normalized spacial score (nSPS) is 12.7. The molecule has 2 aromatic heterocycles. The molecule has 0 spiro atoms. The molecule has 5 heteroatoms. The summed E-state index contributed by atoms with van der Waals surface area (Å²) in [6, 6.07) is 1.84. The van der Waals surface area contributed by atoms with Gasteiger partial charge in [0.1, 0.15) is 11.6 Å². The van der Waals surface area contributed by atoms with E-state index in [4.69, 9.17) is 10.7 Å². The Labute approximate surface area is 130 Å². The number of hydrogen-bond donors (Lipinski definition) is 1. The van der Waals surface area contributed by atoms with Crippen LogP contribution in [0.25, 0.3) is 0 Å². The van der Waals surface area contributed by atoms with Crippen LogP contribution < -0.4 is 5.73 Å². The van der Waals surface area contributed by atoms with Crippen molar-refractivity contribution in [3.63, 3.8) is 0 Å². The Morgan fingerprint density at radius 3 is 2.19 bits per heavy atom. The van der Waals surface area contributed by atoms with Gasteiger partial charge in [0.2, 0.25) is 0 Å². The predicted octanol–water partition coefficient (Wildman–Crippen LogP) is 3.70. The van der Waals surface area contributed by atoms with E-state index in [9.17, 15) is 0 Å². The van der Waals surface area contributed by atoms with Crippen LogP contribution in [0.5, 0.6) is 0 Å². The summed E-state index contributed by atoms with van der Waals surface area (Å²) in [5, 5.41) is 3.20. The summed E-state index contributed by atoms with van der Waals surface area (Å²) in [6.07, 6.45) is 0.705. The molecule has 2 N–H and O–H groups in total. The monoisotopic (exact) mass is 304 g/mol. The van der Waals surface area contributed by atoms with Crippen LogP contribution in [-0.2, 0) is 17.3 Å². The maximum Gasteiger partial charge on any atom is 0.136 e. The predicted molar refractivity (Wildman–Crippen MR) is 88.8 cm³/mol. The Morgan fingerprint density at radius 1 is 1.00 bits per heavy atom. The molecule has 0 aliphatic heterocycles. The number of aromatic nitrogens is 3. The molecule has 0 unspecified atom stereocenters. The lowest BCUT2D eigenvalue weighted by molar-refractivity contribution is 0.543. The summed E-state index contributed by atoms with van der Waals surface area (Å²) in [7, 11) is 0. The van der Waals surface area contributed by atoms with Crippen LogP contribution in [0.2, 0.25) is 0 Å². The van der Waals surface area contributed by atoms with Gasteiger partial charge in [-0.2, -0.15) is 0 Å². The number of thiazole rings is 1. The van der Waals surface area contributed by atoms with Gasteiger partial charge in [-0.25, -0.2) is 15.0 Å². The first kappa shape index (κ1) is 15.9. The van der Waals surface area contributed by atoms with E-state index in [1.165, 1.54) is 0 Å². The second kappa shape index (κ2) is 5.37. The third-order valence-electron chi connectivity index (χ3n) is 3.12. The maximum atomic E-state index is 5.92. The van der Waals surface area contributed by atoms with Crippen molar-refractivity contribution in [1.82, 2.24) is 15.0 Å². The Bertz CT molecular complexity index is 632. The van der Waals surface area contributed by atoms with Crippen LogP contribution in [0.4, 0.5) is 5.82 Å². The fraction of sp³-hybridized carbons (Fsp3) is 0.562. The summed E-state index contributed by atoms with van der Waals surface area (Å²) in [5.74, 6) is 1.31. The first-order chi connectivity index (χ1) is 9.55. The van der Waals surface area contributed by atoms with Gasteiger partial charge in [-0.05, 0) is 0 Å². The number of anilines is 1. The van der Waals surface area contributed by atoms with Gasteiger partial charge in [0.15, 0.2) is 0 Å². The first-order valence-electron chi connectivity index (χ1n) is 7.14. The molecule has 0 aliphatic rings. The van der Waals surface area contributed by atoms with Gasteiger partial charge >= 0.3 is 0 Å². The van der Waals surface area contributed by atoms with Crippen LogP contribution in [0, 0.1) is 0 Å². The topological polar surface area (TPSA) is 64.7 Å². The van der Waals surface area contributed by atoms with Crippen LogP contribution in [-0.4, -0.2) is 15.0 Å². The minimum absolute atomic E-state index is 0.0794. The van der Waals surface area contributed by atoms with Gasteiger partial charge in [-0.3, -0.25) is 0 Å². The number of nitrogens with two attached hydrogens (primary N) is 1. The molecule has 2 rings (SSSR count). The summed E-state index contributed by atoms with van der Waals surface area (Å²) in [5.41, 5.74) is 7.95. The molecular weight excluding hydrogens is 280 g/mol. The molecule has 0 aromatic carbocycles. The third kappa shape index (κ3) is 4.00. The summed E-state index contributed by atoms with van der Waals surface area (Å²) < 4.78 is 0. The van der Waals surface area contributed by atoms with Gasteiger partial charge in [-0.15, -0.1) is 11.3 Å². The van der Waals surface area contributed by atoms with E-state index >= 15 is 0 Å². The Hall–Kier alpha value is -1.49. The molecule has 0 saturated heterocycles. The average Bonchev–Trinajstić information content (AvgIpc) is 2.75. The SMILES string of the molecule is CC(C)(C)c1csc(Cc2cc(N)nc(C(C)(C)C)n2)n1. The molecule has 4 nitrogen and oxygen atoms in total. The highest BCUT2D eigenvalue weighted by molar-refractivity contribution is 7.09. The number of hydrogen-bond acceptors (Lipinski definition) is 5. The van der Waals surface area contributed by atoms with Crippen molar-refractivity contribution in [3.8, 4) is 0 Å². The second-order valence-electron chi connectivity index (χ2n) is 7.41. The van der Waals surface area contributed by atoms with Gasteiger partial charge < -0.3 is 5.73 Å². The van der Waals surface area contributed by atoms with Crippen molar-refractivity contribution >= 4 is 17.2 Å². The van der Waals surface area contributed by atoms with Crippen molar-refractivity contribution < 1.29 is 0 Å². The molecular formula is C16H24N4S. The molecule has 0 amide bonds. The van der Waals surface area contributed by atoms with Crippen molar-refractivity contribution in [2.24, 2.45) is 0 Å². The minimum atomic E-state index is -0.108. The fourth-order valence-electron chi connectivity index (χ4n) is 1.84. The van der Waals surface area contributed by atoms with E-state index in [0.717, 1.165) is 22.2 Å².